The Balaban J connectivity index is 1.52. The molecule has 0 aliphatic heterocycles. The largest absolute Gasteiger partial charge is 0.467 e. The lowest BCUT2D eigenvalue weighted by molar-refractivity contribution is -0.120. The van der Waals surface area contributed by atoms with Gasteiger partial charge in [-0.2, -0.15) is 0 Å². The molecule has 8 nitrogen and oxygen atoms in total. The van der Waals surface area contributed by atoms with Crippen molar-refractivity contribution in [2.45, 2.75) is 26.9 Å². The second-order valence-corrected chi connectivity index (χ2v) is 7.97. The number of hydrogen-bond acceptors (Lipinski definition) is 6. The van der Waals surface area contributed by atoms with Gasteiger partial charge in [0.15, 0.2) is 0 Å². The Labute approximate surface area is 181 Å². The number of thiophene rings is 1. The van der Waals surface area contributed by atoms with Crippen LogP contribution in [-0.4, -0.2) is 21.5 Å². The molecule has 0 radical (unpaired) electrons. The highest BCUT2D eigenvalue weighted by Crippen LogP contribution is 2.31. The zero-order chi connectivity index (χ0) is 22.0. The van der Waals surface area contributed by atoms with E-state index in [0.717, 1.165) is 16.7 Å². The second-order valence-electron chi connectivity index (χ2n) is 7.12. The van der Waals surface area contributed by atoms with Crippen molar-refractivity contribution in [1.82, 2.24) is 20.2 Å². The van der Waals surface area contributed by atoms with E-state index in [4.69, 9.17) is 4.42 Å². The van der Waals surface area contributed by atoms with Crippen LogP contribution in [0.4, 0.5) is 4.79 Å². The van der Waals surface area contributed by atoms with Crippen LogP contribution in [0.2, 0.25) is 0 Å². The van der Waals surface area contributed by atoms with Gasteiger partial charge in [0.25, 0.3) is 5.56 Å². The number of nitrogens with one attached hydrogen (secondary N) is 2. The topological polar surface area (TPSA) is 106 Å². The number of carbonyl (C=O) groups excluding carboxylic acids is 2. The molecule has 158 valence electrons. The molecule has 3 heterocycles. The third-order valence-electron chi connectivity index (χ3n) is 4.95. The molecule has 0 aliphatic carbocycles. The van der Waals surface area contributed by atoms with E-state index in [2.05, 4.69) is 15.6 Å². The average Bonchev–Trinajstić information content (AvgIpc) is 3.41. The Morgan fingerprint density at radius 3 is 2.77 bits per heavy atom. The van der Waals surface area contributed by atoms with E-state index in [9.17, 15) is 14.4 Å². The standard InChI is InChI=1S/C22H20N4O4S/c1-13-5-6-15(8-14(13)2)17-11-31-20-19(17)21(28)26(12-24-20)10-18(27)25-22(29)23-9-16-4-3-7-30-16/h3-8,11-12H,9-10H2,1-2H3,(H2,23,25,27,29). The summed E-state index contributed by atoms with van der Waals surface area (Å²) in [7, 11) is 0. The first-order valence-electron chi connectivity index (χ1n) is 9.56. The molecule has 0 spiro atoms. The maximum Gasteiger partial charge on any atom is 0.321 e. The van der Waals surface area contributed by atoms with Crippen LogP contribution in [0.5, 0.6) is 0 Å². The van der Waals surface area contributed by atoms with Crippen molar-refractivity contribution in [2.75, 3.05) is 0 Å². The van der Waals surface area contributed by atoms with Crippen molar-refractivity contribution in [3.8, 4) is 11.1 Å². The summed E-state index contributed by atoms with van der Waals surface area (Å²) in [5.41, 5.74) is 3.67. The molecule has 31 heavy (non-hydrogen) atoms. The Morgan fingerprint density at radius 1 is 1.19 bits per heavy atom. The fourth-order valence-electron chi connectivity index (χ4n) is 3.15. The highest BCUT2D eigenvalue weighted by atomic mass is 32.1. The number of amides is 3. The number of fused-ring (bicyclic) bond motifs is 1. The minimum Gasteiger partial charge on any atom is -0.467 e. The first-order chi connectivity index (χ1) is 14.9. The lowest BCUT2D eigenvalue weighted by atomic mass is 10.0. The summed E-state index contributed by atoms with van der Waals surface area (Å²) in [6.45, 7) is 3.87. The second kappa shape index (κ2) is 8.57. The van der Waals surface area contributed by atoms with Crippen molar-refractivity contribution in [1.29, 1.82) is 0 Å². The third-order valence-corrected chi connectivity index (χ3v) is 5.84. The van der Waals surface area contributed by atoms with Gasteiger partial charge in [0.05, 0.1) is 24.5 Å². The van der Waals surface area contributed by atoms with Crippen molar-refractivity contribution in [3.63, 3.8) is 0 Å². The van der Waals surface area contributed by atoms with Gasteiger partial charge in [0, 0.05) is 10.9 Å². The number of hydrogen-bond donors (Lipinski definition) is 2. The molecule has 2 N–H and O–H groups in total. The SMILES string of the molecule is Cc1ccc(-c2csc3ncn(CC(=O)NC(=O)NCc4ccco4)c(=O)c23)cc1C. The van der Waals surface area contributed by atoms with Crippen LogP contribution in [0.15, 0.2) is 57.5 Å². The van der Waals surface area contributed by atoms with E-state index in [1.165, 1.54) is 34.1 Å². The quantitative estimate of drug-likeness (QED) is 0.499. The Bertz CT molecular complexity index is 1320. The summed E-state index contributed by atoms with van der Waals surface area (Å²) in [5, 5.41) is 7.08. The molecule has 3 aromatic heterocycles. The van der Waals surface area contributed by atoms with Gasteiger partial charge < -0.3 is 9.73 Å². The van der Waals surface area contributed by atoms with Gasteiger partial charge in [-0.3, -0.25) is 19.5 Å². The maximum absolute atomic E-state index is 13.1. The van der Waals surface area contributed by atoms with E-state index in [-0.39, 0.29) is 18.6 Å². The molecule has 0 bridgehead atoms. The first kappa shape index (κ1) is 20.5. The minimum absolute atomic E-state index is 0.147. The predicted molar refractivity (Wildman–Crippen MR) is 118 cm³/mol. The molecule has 9 heteroatoms. The zero-order valence-electron chi connectivity index (χ0n) is 17.0. The third kappa shape index (κ3) is 4.41. The Morgan fingerprint density at radius 2 is 2.03 bits per heavy atom. The number of benzene rings is 1. The number of nitrogens with zero attached hydrogens (tertiary/aromatic N) is 2. The molecule has 0 unspecified atom stereocenters. The van der Waals surface area contributed by atoms with Crippen LogP contribution in [-0.2, 0) is 17.9 Å². The molecule has 0 saturated heterocycles. The predicted octanol–water partition coefficient (Wildman–Crippen LogP) is 3.36. The van der Waals surface area contributed by atoms with E-state index in [1.54, 1.807) is 12.1 Å². The Hall–Kier alpha value is -3.72. The molecule has 4 rings (SSSR count). The fraction of sp³-hybridized carbons (Fsp3) is 0.182. The molecule has 0 aliphatic rings. The van der Waals surface area contributed by atoms with Gasteiger partial charge in [-0.15, -0.1) is 11.3 Å². The smallest absolute Gasteiger partial charge is 0.321 e. The van der Waals surface area contributed by atoms with E-state index < -0.39 is 11.9 Å². The number of carbonyl (C=O) groups is 2. The van der Waals surface area contributed by atoms with Crippen LogP contribution in [0.3, 0.4) is 0 Å². The number of urea groups is 1. The molecular weight excluding hydrogens is 416 g/mol. The van der Waals surface area contributed by atoms with Crippen LogP contribution < -0.4 is 16.2 Å². The molecular formula is C22H20N4O4S. The van der Waals surface area contributed by atoms with Gasteiger partial charge in [0.2, 0.25) is 5.91 Å². The number of furan rings is 1. The monoisotopic (exact) mass is 436 g/mol. The summed E-state index contributed by atoms with van der Waals surface area (Å²) in [4.78, 5) is 42.2. The normalized spacial score (nSPS) is 10.9. The maximum atomic E-state index is 13.1. The highest BCUT2D eigenvalue weighted by molar-refractivity contribution is 7.17. The van der Waals surface area contributed by atoms with Gasteiger partial charge in [0.1, 0.15) is 17.1 Å². The minimum atomic E-state index is -0.671. The van der Waals surface area contributed by atoms with Gasteiger partial charge in [-0.05, 0) is 42.7 Å². The van der Waals surface area contributed by atoms with Crippen molar-refractivity contribution >= 4 is 33.5 Å². The summed E-state index contributed by atoms with van der Waals surface area (Å²) < 4.78 is 6.32. The lowest BCUT2D eigenvalue weighted by Gasteiger charge is -2.08. The number of aromatic nitrogens is 2. The Kier molecular flexibility index (Phi) is 5.68. The van der Waals surface area contributed by atoms with E-state index >= 15 is 0 Å². The summed E-state index contributed by atoms with van der Waals surface area (Å²) >= 11 is 1.38. The van der Waals surface area contributed by atoms with Crippen LogP contribution in [0.25, 0.3) is 21.3 Å². The van der Waals surface area contributed by atoms with Crippen molar-refractivity contribution in [2.24, 2.45) is 0 Å². The van der Waals surface area contributed by atoms with Gasteiger partial charge in [-0.1, -0.05) is 18.2 Å². The molecule has 1 aromatic carbocycles. The summed E-state index contributed by atoms with van der Waals surface area (Å²) in [6, 6.07) is 8.75. The lowest BCUT2D eigenvalue weighted by Crippen LogP contribution is -2.41. The summed E-state index contributed by atoms with van der Waals surface area (Å²) in [5.74, 6) is -0.0621. The van der Waals surface area contributed by atoms with Gasteiger partial charge >= 0.3 is 6.03 Å². The van der Waals surface area contributed by atoms with Gasteiger partial charge in [-0.25, -0.2) is 9.78 Å². The molecule has 0 saturated carbocycles. The summed E-state index contributed by atoms with van der Waals surface area (Å²) in [6.07, 6.45) is 2.82. The van der Waals surface area contributed by atoms with Crippen LogP contribution in [0.1, 0.15) is 16.9 Å². The van der Waals surface area contributed by atoms with E-state index in [1.807, 2.05) is 37.4 Å². The molecule has 0 fully saturated rings. The van der Waals surface area contributed by atoms with E-state index in [0.29, 0.717) is 16.0 Å². The fourth-order valence-corrected chi connectivity index (χ4v) is 4.05. The number of imide groups is 1. The van der Waals surface area contributed by atoms with Crippen molar-refractivity contribution < 1.29 is 14.0 Å². The molecule has 3 amide bonds. The number of rotatable bonds is 5. The average molecular weight is 436 g/mol. The van der Waals surface area contributed by atoms with Crippen LogP contribution >= 0.6 is 11.3 Å². The van der Waals surface area contributed by atoms with Crippen molar-refractivity contribution in [3.05, 3.63) is 75.5 Å². The molecule has 4 aromatic rings. The highest BCUT2D eigenvalue weighted by Gasteiger charge is 2.16. The molecule has 0 atom stereocenters. The zero-order valence-corrected chi connectivity index (χ0v) is 17.8. The van der Waals surface area contributed by atoms with Crippen LogP contribution in [0, 0.1) is 13.8 Å². The first-order valence-corrected chi connectivity index (χ1v) is 10.4. The number of aryl methyl sites for hydroxylation is 2.